The minimum Gasteiger partial charge on any atom is -0.351 e. The van der Waals surface area contributed by atoms with Gasteiger partial charge in [-0.2, -0.15) is 0 Å². The zero-order valence-electron chi connectivity index (χ0n) is 10.8. The highest BCUT2D eigenvalue weighted by Crippen LogP contribution is 2.07. The zero-order chi connectivity index (χ0) is 14.4. The fourth-order valence-electron chi connectivity index (χ4n) is 1.50. The van der Waals surface area contributed by atoms with Crippen LogP contribution in [-0.2, 0) is 11.3 Å². The Kier molecular flexibility index (Phi) is 4.33. The topological polar surface area (TPSA) is 96.9 Å². The smallest absolute Gasteiger partial charge is 0.255 e. The lowest BCUT2D eigenvalue weighted by Crippen LogP contribution is -2.20. The first kappa shape index (κ1) is 13.6. The number of rotatable bonds is 4. The van der Waals surface area contributed by atoms with Crippen molar-refractivity contribution >= 4 is 17.5 Å². The van der Waals surface area contributed by atoms with Crippen LogP contribution in [0.2, 0.25) is 0 Å². The molecule has 102 valence electrons. The van der Waals surface area contributed by atoms with Crippen LogP contribution < -0.4 is 10.6 Å². The molecule has 0 spiro atoms. The summed E-state index contributed by atoms with van der Waals surface area (Å²) in [5.74, 6) is -0.436. The summed E-state index contributed by atoms with van der Waals surface area (Å²) in [6, 6.07) is 3.21. The first-order chi connectivity index (χ1) is 9.65. The van der Waals surface area contributed by atoms with Gasteiger partial charge >= 0.3 is 0 Å². The second-order valence-corrected chi connectivity index (χ2v) is 4.03. The third-order valence-electron chi connectivity index (χ3n) is 2.42. The van der Waals surface area contributed by atoms with Crippen molar-refractivity contribution in [2.75, 3.05) is 5.32 Å². The van der Waals surface area contributed by atoms with Crippen LogP contribution in [0, 0.1) is 0 Å². The molecule has 0 fully saturated rings. The van der Waals surface area contributed by atoms with Crippen molar-refractivity contribution in [2.24, 2.45) is 0 Å². The fraction of sp³-hybridized carbons (Fsp3) is 0.154. The summed E-state index contributed by atoms with van der Waals surface area (Å²) in [6.07, 6.45) is 5.91. The van der Waals surface area contributed by atoms with Crippen molar-refractivity contribution in [3.63, 3.8) is 0 Å². The molecule has 2 N–H and O–H groups in total. The molecule has 2 rings (SSSR count). The molecule has 0 saturated heterocycles. The maximum Gasteiger partial charge on any atom is 0.255 e. The largest absolute Gasteiger partial charge is 0.351 e. The molecule has 0 radical (unpaired) electrons. The first-order valence-corrected chi connectivity index (χ1v) is 5.91. The van der Waals surface area contributed by atoms with Crippen LogP contribution in [0.5, 0.6) is 0 Å². The van der Waals surface area contributed by atoms with E-state index in [2.05, 4.69) is 25.6 Å². The summed E-state index contributed by atoms with van der Waals surface area (Å²) >= 11 is 0. The molecule has 2 aromatic rings. The molecule has 7 heteroatoms. The second kappa shape index (κ2) is 6.37. The molecule has 2 aromatic heterocycles. The van der Waals surface area contributed by atoms with Gasteiger partial charge in [0.15, 0.2) is 0 Å². The molecule has 2 amide bonds. The predicted molar refractivity (Wildman–Crippen MR) is 71.7 cm³/mol. The molecule has 0 aliphatic rings. The molecule has 0 unspecified atom stereocenters. The lowest BCUT2D eigenvalue weighted by molar-refractivity contribution is -0.119. The monoisotopic (exact) mass is 271 g/mol. The highest BCUT2D eigenvalue weighted by Gasteiger charge is 2.08. The summed E-state index contributed by atoms with van der Waals surface area (Å²) < 4.78 is 0. The average Bonchev–Trinajstić information content (AvgIpc) is 2.46. The third kappa shape index (κ3) is 3.84. The van der Waals surface area contributed by atoms with Crippen molar-refractivity contribution in [1.29, 1.82) is 0 Å². The predicted octanol–water partition coefficient (Wildman–Crippen LogP) is 0.760. The molecule has 0 aliphatic carbocycles. The van der Waals surface area contributed by atoms with Gasteiger partial charge < -0.3 is 10.6 Å². The van der Waals surface area contributed by atoms with E-state index in [1.807, 2.05) is 0 Å². The van der Waals surface area contributed by atoms with E-state index in [1.165, 1.54) is 31.8 Å². The summed E-state index contributed by atoms with van der Waals surface area (Å²) in [7, 11) is 0. The summed E-state index contributed by atoms with van der Waals surface area (Å²) in [5, 5.41) is 5.30. The summed E-state index contributed by atoms with van der Waals surface area (Å²) in [6.45, 7) is 1.71. The third-order valence-corrected chi connectivity index (χ3v) is 2.42. The maximum atomic E-state index is 12.0. The van der Waals surface area contributed by atoms with Crippen molar-refractivity contribution in [1.82, 2.24) is 20.3 Å². The first-order valence-electron chi connectivity index (χ1n) is 5.91. The number of anilines is 1. The quantitative estimate of drug-likeness (QED) is 0.855. The van der Waals surface area contributed by atoms with Gasteiger partial charge in [0.1, 0.15) is 6.33 Å². The number of aromatic nitrogens is 3. The van der Waals surface area contributed by atoms with E-state index in [-0.39, 0.29) is 18.4 Å². The molecule has 7 nitrogen and oxygen atoms in total. The Bertz CT molecular complexity index is 615. The van der Waals surface area contributed by atoms with E-state index >= 15 is 0 Å². The Morgan fingerprint density at radius 1 is 1.25 bits per heavy atom. The molecule has 0 bridgehead atoms. The molecule has 2 heterocycles. The van der Waals surface area contributed by atoms with Crippen LogP contribution in [0.1, 0.15) is 23.0 Å². The number of carbonyl (C=O) groups is 2. The number of amides is 2. The molecular formula is C13H13N5O2. The number of pyridine rings is 1. The van der Waals surface area contributed by atoms with Gasteiger partial charge in [0, 0.05) is 18.7 Å². The Hall–Kier alpha value is -2.83. The SMILES string of the molecule is CC(=O)NCc1cc(C(=O)Nc2cncnc2)ccn1. The molecule has 0 aromatic carbocycles. The maximum absolute atomic E-state index is 12.0. The van der Waals surface area contributed by atoms with Gasteiger partial charge in [-0.3, -0.25) is 14.6 Å². The molecule has 0 aliphatic heterocycles. The second-order valence-electron chi connectivity index (χ2n) is 4.03. The van der Waals surface area contributed by atoms with Crippen LogP contribution >= 0.6 is 0 Å². The van der Waals surface area contributed by atoms with E-state index in [0.717, 1.165) is 0 Å². The van der Waals surface area contributed by atoms with Crippen LogP contribution in [0.25, 0.3) is 0 Å². The Balaban J connectivity index is 2.06. The van der Waals surface area contributed by atoms with Crippen molar-refractivity contribution in [3.05, 3.63) is 48.3 Å². The highest BCUT2D eigenvalue weighted by atomic mass is 16.2. The van der Waals surface area contributed by atoms with E-state index in [4.69, 9.17) is 0 Å². The van der Waals surface area contributed by atoms with Gasteiger partial charge in [-0.15, -0.1) is 0 Å². The molecule has 0 saturated carbocycles. The van der Waals surface area contributed by atoms with Gasteiger partial charge in [-0.25, -0.2) is 9.97 Å². The lowest BCUT2D eigenvalue weighted by Gasteiger charge is -2.06. The lowest BCUT2D eigenvalue weighted by atomic mass is 10.2. The van der Waals surface area contributed by atoms with E-state index in [0.29, 0.717) is 16.9 Å². The number of nitrogens with zero attached hydrogens (tertiary/aromatic N) is 3. The number of hydrogen-bond acceptors (Lipinski definition) is 5. The Labute approximate surface area is 115 Å². The summed E-state index contributed by atoms with van der Waals surface area (Å²) in [5.41, 5.74) is 1.57. The Morgan fingerprint density at radius 2 is 2.00 bits per heavy atom. The number of carbonyl (C=O) groups excluding carboxylic acids is 2. The van der Waals surface area contributed by atoms with Crippen LogP contribution in [0.3, 0.4) is 0 Å². The van der Waals surface area contributed by atoms with Crippen LogP contribution in [-0.4, -0.2) is 26.8 Å². The van der Waals surface area contributed by atoms with Crippen molar-refractivity contribution < 1.29 is 9.59 Å². The van der Waals surface area contributed by atoms with Crippen LogP contribution in [0.15, 0.2) is 37.1 Å². The highest BCUT2D eigenvalue weighted by molar-refractivity contribution is 6.04. The van der Waals surface area contributed by atoms with Gasteiger partial charge in [-0.1, -0.05) is 0 Å². The minimum absolute atomic E-state index is 0.150. The normalized spacial score (nSPS) is 9.85. The standard InChI is InChI=1S/C13H13N5O2/c1-9(19)17-7-11-4-10(2-3-16-11)13(20)18-12-5-14-8-15-6-12/h2-6,8H,7H2,1H3,(H,17,19)(H,18,20). The van der Waals surface area contributed by atoms with E-state index in [9.17, 15) is 9.59 Å². The Morgan fingerprint density at radius 3 is 2.70 bits per heavy atom. The zero-order valence-corrected chi connectivity index (χ0v) is 10.8. The fourth-order valence-corrected chi connectivity index (χ4v) is 1.50. The number of nitrogens with one attached hydrogen (secondary N) is 2. The van der Waals surface area contributed by atoms with Gasteiger partial charge in [0.2, 0.25) is 5.91 Å². The van der Waals surface area contributed by atoms with E-state index < -0.39 is 0 Å². The van der Waals surface area contributed by atoms with E-state index in [1.54, 1.807) is 12.1 Å². The molecule has 20 heavy (non-hydrogen) atoms. The van der Waals surface area contributed by atoms with Crippen molar-refractivity contribution in [3.8, 4) is 0 Å². The average molecular weight is 271 g/mol. The van der Waals surface area contributed by atoms with Gasteiger partial charge in [0.25, 0.3) is 5.91 Å². The number of hydrogen-bond donors (Lipinski definition) is 2. The van der Waals surface area contributed by atoms with Crippen molar-refractivity contribution in [2.45, 2.75) is 13.5 Å². The van der Waals surface area contributed by atoms with Gasteiger partial charge in [0.05, 0.1) is 30.3 Å². The molecule has 0 atom stereocenters. The summed E-state index contributed by atoms with van der Waals surface area (Å²) in [4.78, 5) is 34.6. The van der Waals surface area contributed by atoms with Crippen LogP contribution in [0.4, 0.5) is 5.69 Å². The minimum atomic E-state index is -0.286. The molecular weight excluding hydrogens is 258 g/mol. The van der Waals surface area contributed by atoms with Gasteiger partial charge in [-0.05, 0) is 12.1 Å².